The highest BCUT2D eigenvalue weighted by atomic mass is 15.0. The van der Waals surface area contributed by atoms with Gasteiger partial charge in [-0.1, -0.05) is 49.5 Å². The van der Waals surface area contributed by atoms with Crippen molar-refractivity contribution < 1.29 is 0 Å². The lowest BCUT2D eigenvalue weighted by molar-refractivity contribution is 1.35. The third-order valence-electron chi connectivity index (χ3n) is 4.56. The number of fused-ring (bicyclic) bond motifs is 8. The molecule has 26 heavy (non-hydrogen) atoms. The molecule has 0 amide bonds. The summed E-state index contributed by atoms with van der Waals surface area (Å²) in [5, 5.41) is 4.82. The molecule has 5 aromatic rings. The van der Waals surface area contributed by atoms with Crippen molar-refractivity contribution in [2.75, 3.05) is 0 Å². The Morgan fingerprint density at radius 2 is 1.38 bits per heavy atom. The molecule has 0 N–H and O–H groups in total. The number of pyridine rings is 1. The van der Waals surface area contributed by atoms with Crippen LogP contribution in [0.5, 0.6) is 0 Å². The van der Waals surface area contributed by atoms with Crippen LogP contribution in [0.25, 0.3) is 53.2 Å². The van der Waals surface area contributed by atoms with Crippen LogP contribution in [0.4, 0.5) is 11.6 Å². The van der Waals surface area contributed by atoms with E-state index >= 15 is 0 Å². The standard InChI is InChI=1S/C21H9N5/c1-22-20-21(23-2)26-19-16-13-7-4-3-6-12(13)9-10-14(16)17-15(18(19)25-20)8-5-11-24-17/h3-11H. The predicted octanol–water partition coefficient (Wildman–Crippen LogP) is 5.59. The lowest BCUT2D eigenvalue weighted by atomic mass is 9.97. The molecule has 2 heterocycles. The van der Waals surface area contributed by atoms with Crippen LogP contribution >= 0.6 is 0 Å². The van der Waals surface area contributed by atoms with E-state index in [0.717, 1.165) is 32.4 Å². The first-order valence-electron chi connectivity index (χ1n) is 7.96. The molecule has 0 aliphatic rings. The molecule has 118 valence electrons. The van der Waals surface area contributed by atoms with Crippen molar-refractivity contribution in [1.29, 1.82) is 0 Å². The van der Waals surface area contributed by atoms with Crippen molar-refractivity contribution in [3.05, 3.63) is 77.6 Å². The Morgan fingerprint density at radius 1 is 0.654 bits per heavy atom. The van der Waals surface area contributed by atoms with Gasteiger partial charge in [0.15, 0.2) is 0 Å². The van der Waals surface area contributed by atoms with Gasteiger partial charge in [0.05, 0.1) is 10.9 Å². The Balaban J connectivity index is 2.20. The summed E-state index contributed by atoms with van der Waals surface area (Å²) < 4.78 is 0. The van der Waals surface area contributed by atoms with Gasteiger partial charge in [-0.05, 0) is 22.9 Å². The maximum Gasteiger partial charge on any atom is 0.294 e. The summed E-state index contributed by atoms with van der Waals surface area (Å²) >= 11 is 0. The molecule has 2 aromatic heterocycles. The third-order valence-corrected chi connectivity index (χ3v) is 4.56. The summed E-state index contributed by atoms with van der Waals surface area (Å²) in [5.41, 5.74) is 2.06. The molecular formula is C21H9N5. The van der Waals surface area contributed by atoms with E-state index in [4.69, 9.17) is 13.1 Å². The lowest BCUT2D eigenvalue weighted by Crippen LogP contribution is -1.92. The van der Waals surface area contributed by atoms with Gasteiger partial charge in [-0.25, -0.2) is 0 Å². The number of hydrogen-bond acceptors (Lipinski definition) is 3. The molecule has 0 fully saturated rings. The third kappa shape index (κ3) is 1.80. The largest absolute Gasteiger partial charge is 0.370 e. The number of hydrogen-bond donors (Lipinski definition) is 0. The van der Waals surface area contributed by atoms with Gasteiger partial charge in [0, 0.05) is 17.0 Å². The van der Waals surface area contributed by atoms with E-state index < -0.39 is 0 Å². The highest BCUT2D eigenvalue weighted by Gasteiger charge is 2.21. The summed E-state index contributed by atoms with van der Waals surface area (Å²) in [5.74, 6) is 0.0576. The Bertz CT molecular complexity index is 1450. The first kappa shape index (κ1) is 14.3. The fourth-order valence-electron chi connectivity index (χ4n) is 3.46. The Labute approximate surface area is 148 Å². The molecular weight excluding hydrogens is 322 g/mol. The number of rotatable bonds is 0. The molecule has 0 unspecified atom stereocenters. The van der Waals surface area contributed by atoms with Gasteiger partial charge in [-0.2, -0.15) is 0 Å². The van der Waals surface area contributed by atoms with Crippen LogP contribution < -0.4 is 0 Å². The molecule has 0 saturated heterocycles. The van der Waals surface area contributed by atoms with Gasteiger partial charge < -0.3 is 9.69 Å². The second-order valence-corrected chi connectivity index (χ2v) is 5.90. The van der Waals surface area contributed by atoms with E-state index in [1.165, 1.54) is 0 Å². The summed E-state index contributed by atoms with van der Waals surface area (Å²) in [4.78, 5) is 20.4. The van der Waals surface area contributed by atoms with E-state index in [0.29, 0.717) is 11.0 Å². The maximum absolute atomic E-state index is 7.36. The highest BCUT2D eigenvalue weighted by Crippen LogP contribution is 2.38. The molecule has 5 nitrogen and oxygen atoms in total. The van der Waals surface area contributed by atoms with Crippen molar-refractivity contribution in [1.82, 2.24) is 15.0 Å². The fourth-order valence-corrected chi connectivity index (χ4v) is 3.46. The zero-order valence-corrected chi connectivity index (χ0v) is 13.4. The zero-order valence-electron chi connectivity index (χ0n) is 13.4. The van der Waals surface area contributed by atoms with Crippen LogP contribution in [-0.2, 0) is 0 Å². The van der Waals surface area contributed by atoms with Crippen LogP contribution in [0, 0.1) is 13.1 Å². The van der Waals surface area contributed by atoms with Gasteiger partial charge in [-0.15, -0.1) is 9.97 Å². The van der Waals surface area contributed by atoms with Gasteiger partial charge in [-0.3, -0.25) is 4.98 Å². The van der Waals surface area contributed by atoms with Crippen LogP contribution in [-0.4, -0.2) is 15.0 Å². The van der Waals surface area contributed by atoms with Crippen molar-refractivity contribution in [2.45, 2.75) is 0 Å². The summed E-state index contributed by atoms with van der Waals surface area (Å²) in [6, 6.07) is 15.9. The molecule has 5 heteroatoms. The van der Waals surface area contributed by atoms with Crippen molar-refractivity contribution in [3.8, 4) is 0 Å². The topological polar surface area (TPSA) is 47.4 Å². The van der Waals surface area contributed by atoms with Gasteiger partial charge in [0.25, 0.3) is 11.6 Å². The SMILES string of the molecule is [C-]#[N+]c1nc2c3cccnc3c3ccc4ccccc4c3c2nc1[N+]#[C-]. The van der Waals surface area contributed by atoms with Gasteiger partial charge in [0.1, 0.15) is 0 Å². The second kappa shape index (κ2) is 5.20. The number of aromatic nitrogens is 3. The molecule has 0 radical (unpaired) electrons. The zero-order chi connectivity index (χ0) is 17.7. The quantitative estimate of drug-likeness (QED) is 0.275. The van der Waals surface area contributed by atoms with Crippen molar-refractivity contribution in [3.63, 3.8) is 0 Å². The smallest absolute Gasteiger partial charge is 0.294 e. The van der Waals surface area contributed by atoms with Crippen molar-refractivity contribution >= 4 is 55.1 Å². The molecule has 0 saturated carbocycles. The number of benzene rings is 3. The normalized spacial score (nSPS) is 11.0. The van der Waals surface area contributed by atoms with Crippen LogP contribution in [0.2, 0.25) is 0 Å². The van der Waals surface area contributed by atoms with E-state index in [2.05, 4.69) is 30.7 Å². The van der Waals surface area contributed by atoms with Crippen LogP contribution in [0.3, 0.4) is 0 Å². The maximum atomic E-state index is 7.36. The first-order valence-corrected chi connectivity index (χ1v) is 7.96. The molecule has 5 rings (SSSR count). The minimum Gasteiger partial charge on any atom is -0.370 e. The number of nitrogens with zero attached hydrogens (tertiary/aromatic N) is 5. The van der Waals surface area contributed by atoms with Crippen LogP contribution in [0.1, 0.15) is 0 Å². The fraction of sp³-hybridized carbons (Fsp3) is 0. The molecule has 0 bridgehead atoms. The van der Waals surface area contributed by atoms with E-state index in [1.54, 1.807) is 6.20 Å². The highest BCUT2D eigenvalue weighted by molar-refractivity contribution is 6.29. The second-order valence-electron chi connectivity index (χ2n) is 5.90. The molecule has 0 aliphatic heterocycles. The predicted molar refractivity (Wildman–Crippen MR) is 102 cm³/mol. The van der Waals surface area contributed by atoms with Crippen molar-refractivity contribution in [2.24, 2.45) is 0 Å². The molecule has 0 spiro atoms. The van der Waals surface area contributed by atoms with Gasteiger partial charge >= 0.3 is 0 Å². The minimum atomic E-state index is 0.0252. The van der Waals surface area contributed by atoms with E-state index in [9.17, 15) is 0 Å². The monoisotopic (exact) mass is 331 g/mol. The Kier molecular flexibility index (Phi) is 2.86. The summed E-state index contributed by atoms with van der Waals surface area (Å²) in [6.45, 7) is 14.7. The average molecular weight is 331 g/mol. The van der Waals surface area contributed by atoms with E-state index in [1.807, 2.05) is 42.5 Å². The van der Waals surface area contributed by atoms with E-state index in [-0.39, 0.29) is 11.6 Å². The summed E-state index contributed by atoms with van der Waals surface area (Å²) in [6.07, 6.45) is 1.75. The average Bonchev–Trinajstić information content (AvgIpc) is 2.72. The minimum absolute atomic E-state index is 0.0252. The Morgan fingerprint density at radius 3 is 2.19 bits per heavy atom. The molecule has 0 aliphatic carbocycles. The summed E-state index contributed by atoms with van der Waals surface area (Å²) in [7, 11) is 0. The molecule has 3 aromatic carbocycles. The lowest BCUT2D eigenvalue weighted by Gasteiger charge is -2.08. The Hall–Kier alpha value is -4.09. The van der Waals surface area contributed by atoms with Gasteiger partial charge in [0.2, 0.25) is 11.0 Å². The first-order chi connectivity index (χ1) is 12.8. The molecule has 0 atom stereocenters. The van der Waals surface area contributed by atoms with Crippen LogP contribution in [0.15, 0.2) is 54.7 Å².